The summed E-state index contributed by atoms with van der Waals surface area (Å²) in [6.07, 6.45) is 0.0961. The summed E-state index contributed by atoms with van der Waals surface area (Å²) in [6.45, 7) is 10.6. The Balaban J connectivity index is 0. The second-order valence-electron chi connectivity index (χ2n) is 5.04. The predicted molar refractivity (Wildman–Crippen MR) is 70.4 cm³/mol. The van der Waals surface area contributed by atoms with Gasteiger partial charge in [-0.05, 0) is 25.2 Å². The fraction of sp³-hybridized carbons (Fsp3) is 1.00. The van der Waals surface area contributed by atoms with Gasteiger partial charge >= 0.3 is 0 Å². The predicted octanol–water partition coefficient (Wildman–Crippen LogP) is 1.27. The van der Waals surface area contributed by atoms with Crippen LogP contribution in [0.2, 0.25) is 0 Å². The second kappa shape index (κ2) is 8.02. The molecule has 0 saturated carbocycles. The van der Waals surface area contributed by atoms with Crippen molar-refractivity contribution in [3.63, 3.8) is 0 Å². The molecule has 5 nitrogen and oxygen atoms in total. The third kappa shape index (κ3) is 10.7. The zero-order valence-corrected chi connectivity index (χ0v) is 12.3. The van der Waals surface area contributed by atoms with Crippen molar-refractivity contribution >= 4 is 10.1 Å². The van der Waals surface area contributed by atoms with Crippen molar-refractivity contribution in [2.24, 2.45) is 17.6 Å². The second-order valence-corrected chi connectivity index (χ2v) is 6.61. The van der Waals surface area contributed by atoms with E-state index in [1.54, 1.807) is 0 Å². The molecule has 0 aliphatic carbocycles. The molecule has 0 aliphatic heterocycles. The lowest BCUT2D eigenvalue weighted by atomic mass is 9.80. The summed E-state index contributed by atoms with van der Waals surface area (Å²) >= 11 is 0. The number of rotatable bonds is 5. The minimum Gasteiger partial charge on any atom is -0.396 e. The van der Waals surface area contributed by atoms with E-state index < -0.39 is 10.1 Å². The summed E-state index contributed by atoms with van der Waals surface area (Å²) in [6, 6.07) is 0. The van der Waals surface area contributed by atoms with Crippen molar-refractivity contribution in [2.45, 2.75) is 46.6 Å². The number of hydrogen-bond donors (Lipinski definition) is 3. The van der Waals surface area contributed by atoms with Gasteiger partial charge < -0.3 is 10.8 Å². The zero-order chi connectivity index (χ0) is 14.3. The van der Waals surface area contributed by atoms with E-state index in [1.807, 2.05) is 0 Å². The third-order valence-corrected chi connectivity index (χ3v) is 3.85. The summed E-state index contributed by atoms with van der Waals surface area (Å²) in [5.74, 6) is 0.777. The van der Waals surface area contributed by atoms with Gasteiger partial charge in [-0.25, -0.2) is 0 Å². The van der Waals surface area contributed by atoms with Crippen molar-refractivity contribution in [3.8, 4) is 0 Å². The van der Waals surface area contributed by atoms with E-state index in [4.69, 9.17) is 15.4 Å². The van der Waals surface area contributed by atoms with Crippen molar-refractivity contribution in [3.05, 3.63) is 0 Å². The Bertz CT molecular complexity index is 274. The van der Waals surface area contributed by atoms with E-state index >= 15 is 0 Å². The minimum absolute atomic E-state index is 0.000000000000000222. The van der Waals surface area contributed by atoms with Gasteiger partial charge in [0, 0.05) is 12.1 Å². The van der Waals surface area contributed by atoms with Crippen LogP contribution in [0, 0.1) is 11.8 Å². The Morgan fingerprint density at radius 3 is 1.59 bits per heavy atom. The first kappa shape index (κ1) is 19.2. The molecule has 0 aromatic heterocycles. The van der Waals surface area contributed by atoms with Crippen LogP contribution in [0.25, 0.3) is 0 Å². The number of aliphatic hydroxyl groups excluding tert-OH is 1. The van der Waals surface area contributed by atoms with Gasteiger partial charge in [0.25, 0.3) is 10.1 Å². The molecular weight excluding hydrogens is 242 g/mol. The van der Waals surface area contributed by atoms with Gasteiger partial charge in [-0.3, -0.25) is 4.55 Å². The molecule has 0 spiro atoms. The summed E-state index contributed by atoms with van der Waals surface area (Å²) < 4.78 is 27.7. The molecule has 0 unspecified atom stereocenters. The quantitative estimate of drug-likeness (QED) is 0.653. The summed E-state index contributed by atoms with van der Waals surface area (Å²) in [7, 11) is -3.85. The molecule has 0 aromatic rings. The first-order valence-corrected chi connectivity index (χ1v) is 7.41. The normalized spacial score (nSPS) is 12.6. The van der Waals surface area contributed by atoms with E-state index in [0.29, 0.717) is 11.8 Å². The van der Waals surface area contributed by atoms with E-state index in [1.165, 1.54) is 0 Å². The highest BCUT2D eigenvalue weighted by Gasteiger charge is 2.26. The van der Waals surface area contributed by atoms with E-state index in [-0.39, 0.29) is 24.3 Å². The summed E-state index contributed by atoms with van der Waals surface area (Å²) in [5, 5.41) is 8.05. The number of hydrogen-bond acceptors (Lipinski definition) is 4. The van der Waals surface area contributed by atoms with Gasteiger partial charge in [-0.15, -0.1) is 0 Å². The van der Waals surface area contributed by atoms with Gasteiger partial charge in [0.1, 0.15) is 0 Å². The van der Waals surface area contributed by atoms with Crippen LogP contribution in [0.1, 0.15) is 41.0 Å². The van der Waals surface area contributed by atoms with Gasteiger partial charge in [0.2, 0.25) is 0 Å². The first-order valence-electron chi connectivity index (χ1n) is 5.80. The van der Waals surface area contributed by atoms with Crippen molar-refractivity contribution in [1.29, 1.82) is 0 Å². The lowest BCUT2D eigenvalue weighted by molar-refractivity contribution is 0.250. The maximum Gasteiger partial charge on any atom is 0.264 e. The van der Waals surface area contributed by atoms with E-state index in [9.17, 15) is 8.42 Å². The largest absolute Gasteiger partial charge is 0.396 e. The van der Waals surface area contributed by atoms with Gasteiger partial charge in [-0.2, -0.15) is 8.42 Å². The lowest BCUT2D eigenvalue weighted by Crippen LogP contribution is -2.46. The van der Waals surface area contributed by atoms with Gasteiger partial charge in [0.15, 0.2) is 0 Å². The molecule has 106 valence electrons. The molecule has 6 heteroatoms. The molecule has 0 saturated heterocycles. The highest BCUT2D eigenvalue weighted by Crippen LogP contribution is 2.21. The molecule has 0 fully saturated rings. The highest BCUT2D eigenvalue weighted by atomic mass is 32.2. The van der Waals surface area contributed by atoms with Crippen molar-refractivity contribution in [2.75, 3.05) is 12.4 Å². The SMILES string of the molecule is CC(C)C(C)(N)C(C)C.O=S(=O)(O)CCCO. The molecule has 0 bridgehead atoms. The molecule has 0 rings (SSSR count). The van der Waals surface area contributed by atoms with Crippen molar-refractivity contribution < 1.29 is 18.1 Å². The Kier molecular flexibility index (Phi) is 9.05. The van der Waals surface area contributed by atoms with Crippen LogP contribution in [-0.2, 0) is 10.1 Å². The van der Waals surface area contributed by atoms with Crippen LogP contribution < -0.4 is 5.73 Å². The Morgan fingerprint density at radius 1 is 1.18 bits per heavy atom. The lowest BCUT2D eigenvalue weighted by Gasteiger charge is -2.33. The third-order valence-electron chi connectivity index (χ3n) is 3.05. The van der Waals surface area contributed by atoms with Crippen LogP contribution in [0.3, 0.4) is 0 Å². The standard InChI is InChI=1S/C8H19N.C3H8O4S/c1-6(2)8(5,9)7(3)4;4-2-1-3-8(5,6)7/h6-7H,9H2,1-5H3;4H,1-3H2,(H,5,6,7). The van der Waals surface area contributed by atoms with Gasteiger partial charge in [0.05, 0.1) is 5.75 Å². The van der Waals surface area contributed by atoms with Gasteiger partial charge in [-0.1, -0.05) is 27.7 Å². The Labute approximate surface area is 105 Å². The maximum absolute atomic E-state index is 9.83. The molecule has 0 atom stereocenters. The maximum atomic E-state index is 9.83. The van der Waals surface area contributed by atoms with Crippen LogP contribution in [-0.4, -0.2) is 36.0 Å². The van der Waals surface area contributed by atoms with E-state index in [2.05, 4.69) is 34.6 Å². The van der Waals surface area contributed by atoms with E-state index in [0.717, 1.165) is 0 Å². The fourth-order valence-electron chi connectivity index (χ4n) is 0.914. The van der Waals surface area contributed by atoms with Crippen LogP contribution in [0.4, 0.5) is 0 Å². The molecule has 17 heavy (non-hydrogen) atoms. The average molecular weight is 269 g/mol. The molecule has 0 heterocycles. The molecule has 0 aromatic carbocycles. The smallest absolute Gasteiger partial charge is 0.264 e. The summed E-state index contributed by atoms with van der Waals surface area (Å²) in [5.41, 5.74) is 6.00. The van der Waals surface area contributed by atoms with Crippen LogP contribution in [0.15, 0.2) is 0 Å². The zero-order valence-electron chi connectivity index (χ0n) is 11.5. The first-order chi connectivity index (χ1) is 7.45. The number of nitrogens with two attached hydrogens (primary N) is 1. The average Bonchev–Trinajstić information content (AvgIpc) is 2.14. The molecular formula is C11H27NO4S. The molecule has 0 radical (unpaired) electrons. The summed E-state index contributed by atoms with van der Waals surface area (Å²) in [4.78, 5) is 0. The monoisotopic (exact) mass is 269 g/mol. The highest BCUT2D eigenvalue weighted by molar-refractivity contribution is 7.85. The number of aliphatic hydroxyl groups is 1. The molecule has 4 N–H and O–H groups in total. The van der Waals surface area contributed by atoms with Crippen molar-refractivity contribution in [1.82, 2.24) is 0 Å². The minimum atomic E-state index is -3.85. The Morgan fingerprint density at radius 2 is 1.53 bits per heavy atom. The van der Waals surface area contributed by atoms with Crippen LogP contribution >= 0.6 is 0 Å². The fourth-order valence-corrected chi connectivity index (χ4v) is 1.41. The molecule has 0 aliphatic rings. The van der Waals surface area contributed by atoms with Crippen LogP contribution in [0.5, 0.6) is 0 Å². The topological polar surface area (TPSA) is 101 Å². The Hall–Kier alpha value is -0.170. The molecule has 0 amide bonds.